The van der Waals surface area contributed by atoms with E-state index in [0.717, 1.165) is 10.9 Å². The minimum absolute atomic E-state index is 0.00981. The number of hydrogen-bond acceptors (Lipinski definition) is 8. The molecule has 1 amide bonds. The number of benzene rings is 2. The van der Waals surface area contributed by atoms with Crippen LogP contribution in [0.2, 0.25) is 0 Å². The first-order valence-corrected chi connectivity index (χ1v) is 12.5. The van der Waals surface area contributed by atoms with Crippen molar-refractivity contribution < 1.29 is 23.6 Å². The number of fused-ring (bicyclic) bond motifs is 1. The number of aromatic nitrogens is 2. The summed E-state index contributed by atoms with van der Waals surface area (Å²) in [5.74, 6) is 1.19. The molecule has 9 nitrogen and oxygen atoms in total. The van der Waals surface area contributed by atoms with E-state index in [9.17, 15) is 9.00 Å². The van der Waals surface area contributed by atoms with Crippen molar-refractivity contribution in [1.82, 2.24) is 9.97 Å². The minimum atomic E-state index is -2.94. The molecule has 3 aromatic rings. The summed E-state index contributed by atoms with van der Waals surface area (Å²) < 4.78 is 28.0. The van der Waals surface area contributed by atoms with Crippen molar-refractivity contribution in [1.29, 1.82) is 0 Å². The maximum absolute atomic E-state index is 12.9. The summed E-state index contributed by atoms with van der Waals surface area (Å²) in [6.07, 6.45) is 1.98. The Bertz CT molecular complexity index is 1240. The normalized spacial score (nSPS) is 12.8. The molecule has 1 heterocycles. The molecule has 170 valence electrons. The molecule has 0 radical (unpaired) electrons. The summed E-state index contributed by atoms with van der Waals surface area (Å²) in [7, 11) is -2.94. The van der Waals surface area contributed by atoms with Crippen LogP contribution in [0.15, 0.2) is 56.5 Å². The van der Waals surface area contributed by atoms with Gasteiger partial charge < -0.3 is 19.9 Å². The summed E-state index contributed by atoms with van der Waals surface area (Å²) in [5, 5.41) is 12.9. The van der Waals surface area contributed by atoms with E-state index in [1.54, 1.807) is 31.2 Å². The van der Waals surface area contributed by atoms with Crippen molar-refractivity contribution in [2.24, 2.45) is 4.36 Å². The number of carbonyl (C=O) groups is 1. The van der Waals surface area contributed by atoms with Gasteiger partial charge in [0.1, 0.15) is 24.5 Å². The largest absolute Gasteiger partial charge is 0.488 e. The van der Waals surface area contributed by atoms with E-state index in [1.165, 1.54) is 12.6 Å². The number of nitrogens with zero attached hydrogens (tertiary/aromatic N) is 3. The van der Waals surface area contributed by atoms with Crippen LogP contribution in [0.1, 0.15) is 12.5 Å². The van der Waals surface area contributed by atoms with Gasteiger partial charge in [0.15, 0.2) is 0 Å². The molecule has 0 spiro atoms. The van der Waals surface area contributed by atoms with Crippen LogP contribution in [0, 0.1) is 0 Å². The van der Waals surface area contributed by atoms with E-state index in [0.29, 0.717) is 33.0 Å². The number of carbonyl (C=O) groups excluding carboxylic acids is 1. The number of nitrogens with one attached hydrogen (secondary N) is 1. The average Bonchev–Trinajstić information content (AvgIpc) is 2.76. The maximum Gasteiger partial charge on any atom is 0.442 e. The lowest BCUT2D eigenvalue weighted by atomic mass is 10.2. The summed E-state index contributed by atoms with van der Waals surface area (Å²) in [6, 6.07) is 10.5. The quantitative estimate of drug-likeness (QED) is 0.455. The van der Waals surface area contributed by atoms with Crippen LogP contribution >= 0.6 is 15.9 Å². The highest BCUT2D eigenvalue weighted by molar-refractivity contribution is 9.10. The molecule has 3 rings (SSSR count). The van der Waals surface area contributed by atoms with Crippen molar-refractivity contribution in [3.63, 3.8) is 0 Å². The number of hydrogen-bond donors (Lipinski definition) is 2. The van der Waals surface area contributed by atoms with E-state index in [4.69, 9.17) is 14.6 Å². The molecule has 0 saturated heterocycles. The van der Waals surface area contributed by atoms with Crippen molar-refractivity contribution in [2.75, 3.05) is 31.3 Å². The maximum atomic E-state index is 12.9. The summed E-state index contributed by atoms with van der Waals surface area (Å²) in [5.41, 5.74) is 1.44. The van der Waals surface area contributed by atoms with Crippen LogP contribution in [-0.4, -0.2) is 51.4 Å². The average molecular weight is 523 g/mol. The lowest BCUT2D eigenvalue weighted by Crippen LogP contribution is -2.07. The standard InChI is InChI=1S/C21H23BrN4O5S/c1-3-30-21(28)26-32(2,29)15-6-4-5-14(9-15)12-31-19-11-18-16(10-17(19)22)20(23-7-8-27)25-13-24-18/h4-6,9-11,13,27H,3,7-8,12H2,1-2H3,(H,23,24,25). The molecule has 2 N–H and O–H groups in total. The molecule has 0 aliphatic heterocycles. The van der Waals surface area contributed by atoms with Gasteiger partial charge >= 0.3 is 6.09 Å². The smallest absolute Gasteiger partial charge is 0.442 e. The van der Waals surface area contributed by atoms with Crippen LogP contribution in [0.25, 0.3) is 10.9 Å². The highest BCUT2D eigenvalue weighted by Gasteiger charge is 2.13. The second-order valence-corrected chi connectivity index (χ2v) is 9.81. The van der Waals surface area contributed by atoms with Crippen LogP contribution in [0.3, 0.4) is 0 Å². The first-order valence-electron chi connectivity index (χ1n) is 9.73. The summed E-state index contributed by atoms with van der Waals surface area (Å²) in [4.78, 5) is 20.5. The molecule has 32 heavy (non-hydrogen) atoms. The van der Waals surface area contributed by atoms with Gasteiger partial charge in [-0.2, -0.15) is 0 Å². The van der Waals surface area contributed by atoms with Gasteiger partial charge in [0.05, 0.1) is 32.9 Å². The lowest BCUT2D eigenvalue weighted by molar-refractivity contribution is 0.164. The van der Waals surface area contributed by atoms with Crippen LogP contribution in [-0.2, 0) is 21.1 Å². The number of rotatable bonds is 8. The molecule has 0 bridgehead atoms. The Hall–Kier alpha value is -2.76. The number of halogens is 1. The zero-order valence-corrected chi connectivity index (χ0v) is 20.0. The third-order valence-corrected chi connectivity index (χ3v) is 6.59. The SMILES string of the molecule is CCOC(=O)N=S(C)(=O)c1cccc(COc2cc3ncnc(NCCO)c3cc2Br)c1. The summed E-state index contributed by atoms with van der Waals surface area (Å²) >= 11 is 3.51. The first-order chi connectivity index (χ1) is 15.3. The number of aliphatic hydroxyl groups is 1. The molecule has 0 aliphatic rings. The Kier molecular flexibility index (Phi) is 7.99. The lowest BCUT2D eigenvalue weighted by Gasteiger charge is -2.12. The Morgan fingerprint density at radius 2 is 2.09 bits per heavy atom. The topological polar surface area (TPSA) is 123 Å². The molecule has 1 unspecified atom stereocenters. The minimum Gasteiger partial charge on any atom is -0.488 e. The highest BCUT2D eigenvalue weighted by Crippen LogP contribution is 2.32. The van der Waals surface area contributed by atoms with Gasteiger partial charge in [-0.3, -0.25) is 0 Å². The zero-order valence-electron chi connectivity index (χ0n) is 17.6. The van der Waals surface area contributed by atoms with Crippen molar-refractivity contribution >= 4 is 48.5 Å². The van der Waals surface area contributed by atoms with Crippen molar-refractivity contribution in [3.8, 4) is 5.75 Å². The van der Waals surface area contributed by atoms with E-state index >= 15 is 0 Å². The van der Waals surface area contributed by atoms with Crippen molar-refractivity contribution in [3.05, 3.63) is 52.8 Å². The molecular formula is C21H23BrN4O5S. The van der Waals surface area contributed by atoms with E-state index in [2.05, 4.69) is 35.6 Å². The molecule has 0 aliphatic carbocycles. The second-order valence-electron chi connectivity index (χ2n) is 6.70. The van der Waals surface area contributed by atoms with E-state index < -0.39 is 15.8 Å². The fourth-order valence-electron chi connectivity index (χ4n) is 2.86. The Balaban J connectivity index is 1.81. The van der Waals surface area contributed by atoms with Gasteiger partial charge in [0.25, 0.3) is 0 Å². The fraction of sp³-hybridized carbons (Fsp3) is 0.286. The van der Waals surface area contributed by atoms with Crippen LogP contribution in [0.4, 0.5) is 10.6 Å². The second kappa shape index (κ2) is 10.7. The number of anilines is 1. The van der Waals surface area contributed by atoms with Gasteiger partial charge in [-0.05, 0) is 46.6 Å². The number of aliphatic hydroxyl groups excluding tert-OH is 1. The summed E-state index contributed by atoms with van der Waals surface area (Å²) in [6.45, 7) is 2.39. The van der Waals surface area contributed by atoms with Gasteiger partial charge in [0, 0.05) is 29.1 Å². The van der Waals surface area contributed by atoms with Crippen LogP contribution < -0.4 is 10.1 Å². The van der Waals surface area contributed by atoms with Gasteiger partial charge in [-0.15, -0.1) is 4.36 Å². The van der Waals surface area contributed by atoms with Crippen LogP contribution in [0.5, 0.6) is 5.75 Å². The predicted molar refractivity (Wildman–Crippen MR) is 125 cm³/mol. The Labute approximate surface area is 194 Å². The highest BCUT2D eigenvalue weighted by atomic mass is 79.9. The molecule has 11 heteroatoms. The van der Waals surface area contributed by atoms with Gasteiger partial charge in [0.2, 0.25) is 0 Å². The molecule has 1 atom stereocenters. The Morgan fingerprint density at radius 1 is 1.28 bits per heavy atom. The third-order valence-electron chi connectivity index (χ3n) is 4.34. The van der Waals surface area contributed by atoms with Gasteiger partial charge in [-0.1, -0.05) is 12.1 Å². The first kappa shape index (κ1) is 23.9. The van der Waals surface area contributed by atoms with E-state index in [-0.39, 0.29) is 19.8 Å². The van der Waals surface area contributed by atoms with E-state index in [1.807, 2.05) is 12.1 Å². The fourth-order valence-corrected chi connectivity index (χ4v) is 4.46. The molecular weight excluding hydrogens is 500 g/mol. The predicted octanol–water partition coefficient (Wildman–Crippen LogP) is 3.99. The third kappa shape index (κ3) is 5.93. The monoisotopic (exact) mass is 522 g/mol. The van der Waals surface area contributed by atoms with Crippen molar-refractivity contribution in [2.45, 2.75) is 18.4 Å². The number of amides is 1. The number of ether oxygens (including phenoxy) is 2. The molecule has 0 fully saturated rings. The molecule has 2 aromatic carbocycles. The molecule has 1 aromatic heterocycles. The van der Waals surface area contributed by atoms with Gasteiger partial charge in [-0.25, -0.2) is 19.0 Å². The Morgan fingerprint density at radius 3 is 2.84 bits per heavy atom. The molecule has 0 saturated carbocycles. The zero-order chi connectivity index (χ0) is 23.1.